The fraction of sp³-hybridized carbons (Fsp3) is 0.211. The number of nitrogens with one attached hydrogen (secondary N) is 2. The van der Waals surface area contributed by atoms with Crippen LogP contribution in [0.25, 0.3) is 5.52 Å². The number of hydrogen-bond acceptors (Lipinski definition) is 4. The van der Waals surface area contributed by atoms with E-state index in [9.17, 15) is 9.59 Å². The largest absolute Gasteiger partial charge is 0.352 e. The van der Waals surface area contributed by atoms with Crippen LogP contribution in [-0.2, 0) is 0 Å². The topological polar surface area (TPSA) is 75.5 Å². The lowest BCUT2D eigenvalue weighted by molar-refractivity contribution is 0.0955. The number of aromatic nitrogens is 2. The number of hydrogen-bond donors (Lipinski definition) is 2. The molecule has 1 amide bonds. The van der Waals surface area contributed by atoms with Crippen molar-refractivity contribution in [2.45, 2.75) is 20.8 Å². The van der Waals surface area contributed by atoms with Crippen molar-refractivity contribution in [2.24, 2.45) is 0 Å². The third kappa shape index (κ3) is 3.10. The van der Waals surface area contributed by atoms with Gasteiger partial charge in [0.25, 0.3) is 5.91 Å². The molecule has 0 aliphatic heterocycles. The molecule has 0 aliphatic rings. The molecule has 0 saturated heterocycles. The van der Waals surface area contributed by atoms with Crippen molar-refractivity contribution in [3.05, 3.63) is 59.0 Å². The highest BCUT2D eigenvalue weighted by Gasteiger charge is 2.17. The summed E-state index contributed by atoms with van der Waals surface area (Å²) in [6.07, 6.45) is 6.10. The molecular formula is C19H20N4O2. The van der Waals surface area contributed by atoms with Gasteiger partial charge in [0.05, 0.1) is 11.1 Å². The zero-order valence-corrected chi connectivity index (χ0v) is 14.5. The number of anilines is 2. The number of nitrogens with zero attached hydrogens (tertiary/aromatic N) is 2. The molecule has 0 bridgehead atoms. The number of amides is 1. The molecule has 2 heterocycles. The van der Waals surface area contributed by atoms with Gasteiger partial charge in [-0.3, -0.25) is 9.59 Å². The SMILES string of the molecule is CCNC(=O)c1cn2ccnc(Nc3cc(C=O)ccc3C)c2c1C. The van der Waals surface area contributed by atoms with Crippen LogP contribution in [0.15, 0.2) is 36.8 Å². The van der Waals surface area contributed by atoms with E-state index < -0.39 is 0 Å². The molecule has 2 aromatic heterocycles. The third-order valence-corrected chi connectivity index (χ3v) is 4.17. The second-order valence-corrected chi connectivity index (χ2v) is 5.88. The summed E-state index contributed by atoms with van der Waals surface area (Å²) in [4.78, 5) is 27.7. The van der Waals surface area contributed by atoms with Crippen LogP contribution < -0.4 is 10.6 Å². The van der Waals surface area contributed by atoms with Gasteiger partial charge in [0.15, 0.2) is 5.82 Å². The lowest BCUT2D eigenvalue weighted by atomic mass is 10.1. The minimum Gasteiger partial charge on any atom is -0.352 e. The molecule has 3 rings (SSSR count). The van der Waals surface area contributed by atoms with Crippen LogP contribution >= 0.6 is 0 Å². The number of benzene rings is 1. The minimum absolute atomic E-state index is 0.103. The Kier molecular flexibility index (Phi) is 4.52. The van der Waals surface area contributed by atoms with E-state index in [0.29, 0.717) is 23.5 Å². The van der Waals surface area contributed by atoms with Crippen LogP contribution in [0, 0.1) is 13.8 Å². The normalized spacial score (nSPS) is 10.7. The summed E-state index contributed by atoms with van der Waals surface area (Å²) in [7, 11) is 0. The number of rotatable bonds is 5. The van der Waals surface area contributed by atoms with Gasteiger partial charge in [-0.2, -0.15) is 0 Å². The van der Waals surface area contributed by atoms with Gasteiger partial charge in [0.1, 0.15) is 6.29 Å². The molecule has 0 fully saturated rings. The Balaban J connectivity index is 2.08. The molecule has 3 aromatic rings. The molecule has 0 spiro atoms. The molecule has 2 N–H and O–H groups in total. The number of aryl methyl sites for hydroxylation is 2. The average Bonchev–Trinajstić information content (AvgIpc) is 2.95. The van der Waals surface area contributed by atoms with Crippen molar-refractivity contribution < 1.29 is 9.59 Å². The van der Waals surface area contributed by atoms with E-state index in [-0.39, 0.29) is 5.91 Å². The number of carbonyl (C=O) groups excluding carboxylic acids is 2. The van der Waals surface area contributed by atoms with E-state index >= 15 is 0 Å². The van der Waals surface area contributed by atoms with Crippen molar-refractivity contribution in [2.75, 3.05) is 11.9 Å². The molecule has 25 heavy (non-hydrogen) atoms. The van der Waals surface area contributed by atoms with E-state index in [1.807, 2.05) is 37.4 Å². The molecular weight excluding hydrogens is 316 g/mol. The first kappa shape index (κ1) is 16.7. The van der Waals surface area contributed by atoms with Crippen molar-refractivity contribution >= 4 is 29.2 Å². The van der Waals surface area contributed by atoms with Crippen molar-refractivity contribution in [3.63, 3.8) is 0 Å². The van der Waals surface area contributed by atoms with Crippen LogP contribution in [0.1, 0.15) is 38.8 Å². The van der Waals surface area contributed by atoms with Gasteiger partial charge in [-0.15, -0.1) is 0 Å². The van der Waals surface area contributed by atoms with Gasteiger partial charge in [-0.05, 0) is 38.0 Å². The van der Waals surface area contributed by atoms with Crippen LogP contribution in [0.5, 0.6) is 0 Å². The fourth-order valence-corrected chi connectivity index (χ4v) is 2.83. The minimum atomic E-state index is -0.103. The summed E-state index contributed by atoms with van der Waals surface area (Å²) >= 11 is 0. The van der Waals surface area contributed by atoms with Crippen molar-refractivity contribution in [3.8, 4) is 0 Å². The fourth-order valence-electron chi connectivity index (χ4n) is 2.83. The third-order valence-electron chi connectivity index (χ3n) is 4.17. The van der Waals surface area contributed by atoms with E-state index in [4.69, 9.17) is 0 Å². The van der Waals surface area contributed by atoms with E-state index in [0.717, 1.165) is 28.6 Å². The maximum Gasteiger partial charge on any atom is 0.253 e. The van der Waals surface area contributed by atoms with E-state index in [2.05, 4.69) is 15.6 Å². The first-order valence-electron chi connectivity index (χ1n) is 8.12. The lowest BCUT2D eigenvalue weighted by Gasteiger charge is -2.11. The highest BCUT2D eigenvalue weighted by Crippen LogP contribution is 2.27. The average molecular weight is 336 g/mol. The lowest BCUT2D eigenvalue weighted by Crippen LogP contribution is -2.22. The maximum atomic E-state index is 12.2. The summed E-state index contributed by atoms with van der Waals surface area (Å²) in [5.74, 6) is 0.537. The zero-order chi connectivity index (χ0) is 18.0. The summed E-state index contributed by atoms with van der Waals surface area (Å²) in [5, 5.41) is 6.12. The van der Waals surface area contributed by atoms with Crippen LogP contribution in [-0.4, -0.2) is 28.1 Å². The van der Waals surface area contributed by atoms with Crippen LogP contribution in [0.2, 0.25) is 0 Å². The Hall–Kier alpha value is -3.15. The van der Waals surface area contributed by atoms with E-state index in [1.165, 1.54) is 0 Å². The number of carbonyl (C=O) groups is 2. The Bertz CT molecular complexity index is 959. The van der Waals surface area contributed by atoms with Crippen molar-refractivity contribution in [1.82, 2.24) is 14.7 Å². The Morgan fingerprint density at radius 3 is 2.84 bits per heavy atom. The molecule has 0 aliphatic carbocycles. The Labute approximate surface area is 145 Å². The summed E-state index contributed by atoms with van der Waals surface area (Å²) in [6.45, 7) is 6.33. The summed E-state index contributed by atoms with van der Waals surface area (Å²) in [6, 6.07) is 5.45. The first-order valence-corrected chi connectivity index (χ1v) is 8.12. The molecule has 0 radical (unpaired) electrons. The molecule has 0 saturated carbocycles. The van der Waals surface area contributed by atoms with Crippen LogP contribution in [0.4, 0.5) is 11.5 Å². The molecule has 6 heteroatoms. The standard InChI is InChI=1S/C19H20N4O2/c1-4-20-19(25)15-10-23-8-7-21-18(17(23)13(15)3)22-16-9-14(11-24)6-5-12(16)2/h5-11H,4H2,1-3H3,(H,20,25)(H,21,22). The molecule has 1 aromatic carbocycles. The summed E-state index contributed by atoms with van der Waals surface area (Å²) < 4.78 is 1.88. The zero-order valence-electron chi connectivity index (χ0n) is 14.5. The molecule has 128 valence electrons. The molecule has 6 nitrogen and oxygen atoms in total. The quantitative estimate of drug-likeness (QED) is 0.701. The van der Waals surface area contributed by atoms with Gasteiger partial charge >= 0.3 is 0 Å². The molecule has 0 atom stereocenters. The van der Waals surface area contributed by atoms with E-state index in [1.54, 1.807) is 24.5 Å². The highest BCUT2D eigenvalue weighted by atomic mass is 16.1. The second-order valence-electron chi connectivity index (χ2n) is 5.88. The molecule has 0 unspecified atom stereocenters. The van der Waals surface area contributed by atoms with Crippen molar-refractivity contribution in [1.29, 1.82) is 0 Å². The number of aldehydes is 1. The Morgan fingerprint density at radius 1 is 1.32 bits per heavy atom. The van der Waals surface area contributed by atoms with Gasteiger partial charge in [0.2, 0.25) is 0 Å². The van der Waals surface area contributed by atoms with Gasteiger partial charge in [-0.25, -0.2) is 4.98 Å². The van der Waals surface area contributed by atoms with Gasteiger partial charge in [0, 0.05) is 36.4 Å². The van der Waals surface area contributed by atoms with Crippen LogP contribution in [0.3, 0.4) is 0 Å². The summed E-state index contributed by atoms with van der Waals surface area (Å²) in [5.41, 5.74) is 4.71. The highest BCUT2D eigenvalue weighted by molar-refractivity contribution is 5.99. The first-order chi connectivity index (χ1) is 12.0. The van der Waals surface area contributed by atoms with Gasteiger partial charge in [-0.1, -0.05) is 12.1 Å². The Morgan fingerprint density at radius 2 is 2.12 bits per heavy atom. The monoisotopic (exact) mass is 336 g/mol. The number of fused-ring (bicyclic) bond motifs is 1. The smallest absolute Gasteiger partial charge is 0.253 e. The second kappa shape index (κ2) is 6.76. The predicted molar refractivity (Wildman–Crippen MR) is 97.8 cm³/mol. The van der Waals surface area contributed by atoms with Gasteiger partial charge < -0.3 is 15.0 Å². The predicted octanol–water partition coefficient (Wildman–Crippen LogP) is 3.26. The maximum absolute atomic E-state index is 12.2.